The summed E-state index contributed by atoms with van der Waals surface area (Å²) in [5, 5.41) is 5.68. The molecule has 1 aliphatic rings. The van der Waals surface area contributed by atoms with Crippen LogP contribution in [0.5, 0.6) is 0 Å². The number of carbonyl (C=O) groups excluding carboxylic acids is 3. The van der Waals surface area contributed by atoms with E-state index in [-0.39, 0.29) is 23.6 Å². The van der Waals surface area contributed by atoms with Gasteiger partial charge < -0.3 is 15.5 Å². The van der Waals surface area contributed by atoms with Gasteiger partial charge in [-0.1, -0.05) is 27.7 Å². The fourth-order valence-electron chi connectivity index (χ4n) is 2.50. The van der Waals surface area contributed by atoms with Crippen LogP contribution in [0.4, 0.5) is 0 Å². The van der Waals surface area contributed by atoms with Gasteiger partial charge in [-0.25, -0.2) is 0 Å². The van der Waals surface area contributed by atoms with E-state index in [1.165, 1.54) is 0 Å². The third-order valence-corrected chi connectivity index (χ3v) is 4.13. The lowest BCUT2D eigenvalue weighted by Gasteiger charge is -2.33. The van der Waals surface area contributed by atoms with Gasteiger partial charge in [0, 0.05) is 31.0 Å². The molecule has 0 aromatic rings. The minimum atomic E-state index is -0.535. The van der Waals surface area contributed by atoms with E-state index in [1.807, 2.05) is 27.7 Å². The smallest absolute Gasteiger partial charge is 0.244 e. The molecule has 0 aromatic carbocycles. The van der Waals surface area contributed by atoms with Crippen molar-refractivity contribution in [2.75, 3.05) is 19.6 Å². The van der Waals surface area contributed by atoms with Gasteiger partial charge in [0.2, 0.25) is 17.7 Å². The summed E-state index contributed by atoms with van der Waals surface area (Å²) < 4.78 is 0. The van der Waals surface area contributed by atoms with Crippen LogP contribution in [0.1, 0.15) is 53.9 Å². The summed E-state index contributed by atoms with van der Waals surface area (Å²) in [6, 6.07) is -0.535. The molecular weight excluding hydrogens is 294 g/mol. The second kappa shape index (κ2) is 8.31. The number of amides is 3. The van der Waals surface area contributed by atoms with Crippen molar-refractivity contribution in [2.24, 2.45) is 11.3 Å². The van der Waals surface area contributed by atoms with Crippen LogP contribution < -0.4 is 10.6 Å². The Labute approximate surface area is 139 Å². The molecule has 1 rings (SSSR count). The molecule has 1 heterocycles. The molecular formula is C17H31N3O3. The van der Waals surface area contributed by atoms with Gasteiger partial charge in [0.05, 0.1) is 0 Å². The maximum Gasteiger partial charge on any atom is 0.244 e. The normalized spacial score (nSPS) is 17.5. The highest BCUT2D eigenvalue weighted by Crippen LogP contribution is 2.18. The van der Waals surface area contributed by atoms with Crippen molar-refractivity contribution in [1.82, 2.24) is 15.5 Å². The lowest BCUT2D eigenvalue weighted by Crippen LogP contribution is -2.52. The number of piperidine rings is 1. The summed E-state index contributed by atoms with van der Waals surface area (Å²) in [5.41, 5.74) is -0.515. The predicted molar refractivity (Wildman–Crippen MR) is 89.7 cm³/mol. The first-order valence-corrected chi connectivity index (χ1v) is 8.54. The minimum Gasteiger partial charge on any atom is -0.356 e. The summed E-state index contributed by atoms with van der Waals surface area (Å²) in [6.45, 7) is 11.0. The summed E-state index contributed by atoms with van der Waals surface area (Å²) in [6.07, 6.45) is 2.29. The van der Waals surface area contributed by atoms with Crippen LogP contribution in [0.25, 0.3) is 0 Å². The standard InChI is InChI=1S/C17H31N3O3/c1-6-9-18-14(21)13-7-10-20(11-8-13)15(22)12(2)19-16(23)17(3,4)5/h12-13H,6-11H2,1-5H3,(H,18,21)(H,19,23). The van der Waals surface area contributed by atoms with Gasteiger partial charge >= 0.3 is 0 Å². The van der Waals surface area contributed by atoms with E-state index in [0.29, 0.717) is 32.5 Å². The SMILES string of the molecule is CCCNC(=O)C1CCN(C(=O)C(C)NC(=O)C(C)(C)C)CC1. The number of hydrogen-bond donors (Lipinski definition) is 2. The average Bonchev–Trinajstić information content (AvgIpc) is 2.50. The van der Waals surface area contributed by atoms with E-state index >= 15 is 0 Å². The second-order valence-electron chi connectivity index (χ2n) is 7.34. The van der Waals surface area contributed by atoms with Crippen molar-refractivity contribution in [3.05, 3.63) is 0 Å². The molecule has 0 aromatic heterocycles. The summed E-state index contributed by atoms with van der Waals surface area (Å²) >= 11 is 0. The average molecular weight is 325 g/mol. The monoisotopic (exact) mass is 325 g/mol. The molecule has 0 aliphatic carbocycles. The zero-order valence-electron chi connectivity index (χ0n) is 15.1. The Morgan fingerprint density at radius 2 is 1.74 bits per heavy atom. The number of rotatable bonds is 5. The highest BCUT2D eigenvalue weighted by atomic mass is 16.2. The fourth-order valence-corrected chi connectivity index (χ4v) is 2.50. The highest BCUT2D eigenvalue weighted by Gasteiger charge is 2.31. The molecule has 1 unspecified atom stereocenters. The van der Waals surface area contributed by atoms with E-state index in [4.69, 9.17) is 0 Å². The van der Waals surface area contributed by atoms with E-state index in [9.17, 15) is 14.4 Å². The quantitative estimate of drug-likeness (QED) is 0.800. The molecule has 23 heavy (non-hydrogen) atoms. The predicted octanol–water partition coefficient (Wildman–Crippen LogP) is 1.30. The highest BCUT2D eigenvalue weighted by molar-refractivity contribution is 5.89. The first-order valence-electron chi connectivity index (χ1n) is 8.54. The molecule has 0 spiro atoms. The van der Waals surface area contributed by atoms with Crippen LogP contribution in [0.3, 0.4) is 0 Å². The van der Waals surface area contributed by atoms with Crippen LogP contribution >= 0.6 is 0 Å². The summed E-state index contributed by atoms with van der Waals surface area (Å²) in [7, 11) is 0. The van der Waals surface area contributed by atoms with Gasteiger partial charge in [-0.05, 0) is 26.2 Å². The Morgan fingerprint density at radius 3 is 2.22 bits per heavy atom. The number of hydrogen-bond acceptors (Lipinski definition) is 3. The first-order chi connectivity index (χ1) is 10.7. The Balaban J connectivity index is 2.45. The molecule has 1 saturated heterocycles. The van der Waals surface area contributed by atoms with Crippen molar-refractivity contribution in [3.63, 3.8) is 0 Å². The molecule has 132 valence electrons. The second-order valence-corrected chi connectivity index (χ2v) is 7.34. The van der Waals surface area contributed by atoms with E-state index < -0.39 is 11.5 Å². The molecule has 6 nitrogen and oxygen atoms in total. The van der Waals surface area contributed by atoms with E-state index in [2.05, 4.69) is 10.6 Å². The Bertz CT molecular complexity index is 435. The zero-order chi connectivity index (χ0) is 17.6. The summed E-state index contributed by atoms with van der Waals surface area (Å²) in [4.78, 5) is 38.1. The van der Waals surface area contributed by atoms with Gasteiger partial charge in [-0.15, -0.1) is 0 Å². The van der Waals surface area contributed by atoms with Crippen LogP contribution in [0.15, 0.2) is 0 Å². The lowest BCUT2D eigenvalue weighted by molar-refractivity contribution is -0.140. The number of likely N-dealkylation sites (tertiary alicyclic amines) is 1. The third-order valence-electron chi connectivity index (χ3n) is 4.13. The lowest BCUT2D eigenvalue weighted by atomic mass is 9.94. The van der Waals surface area contributed by atoms with Gasteiger partial charge in [0.1, 0.15) is 6.04 Å². The molecule has 2 N–H and O–H groups in total. The van der Waals surface area contributed by atoms with Crippen molar-refractivity contribution in [3.8, 4) is 0 Å². The maximum absolute atomic E-state index is 12.4. The number of nitrogens with zero attached hydrogens (tertiary/aromatic N) is 1. The largest absolute Gasteiger partial charge is 0.356 e. The van der Waals surface area contributed by atoms with Crippen molar-refractivity contribution in [2.45, 2.75) is 59.9 Å². The van der Waals surface area contributed by atoms with E-state index in [0.717, 1.165) is 6.42 Å². The van der Waals surface area contributed by atoms with Crippen molar-refractivity contribution >= 4 is 17.7 Å². The molecule has 1 fully saturated rings. The van der Waals surface area contributed by atoms with Crippen LogP contribution in [-0.2, 0) is 14.4 Å². The van der Waals surface area contributed by atoms with Crippen LogP contribution in [0, 0.1) is 11.3 Å². The molecule has 0 radical (unpaired) electrons. The molecule has 6 heteroatoms. The van der Waals surface area contributed by atoms with Crippen molar-refractivity contribution < 1.29 is 14.4 Å². The van der Waals surface area contributed by atoms with Gasteiger partial charge in [0.15, 0.2) is 0 Å². The van der Waals surface area contributed by atoms with E-state index in [1.54, 1.807) is 11.8 Å². The van der Waals surface area contributed by atoms with Crippen molar-refractivity contribution in [1.29, 1.82) is 0 Å². The Kier molecular flexibility index (Phi) is 7.03. The van der Waals surface area contributed by atoms with Gasteiger partial charge in [-0.3, -0.25) is 14.4 Å². The molecule has 1 atom stereocenters. The molecule has 3 amide bonds. The number of carbonyl (C=O) groups is 3. The molecule has 1 aliphatic heterocycles. The Hall–Kier alpha value is -1.59. The topological polar surface area (TPSA) is 78.5 Å². The van der Waals surface area contributed by atoms with Crippen LogP contribution in [-0.4, -0.2) is 48.3 Å². The third kappa shape index (κ3) is 5.84. The number of nitrogens with one attached hydrogen (secondary N) is 2. The van der Waals surface area contributed by atoms with Crippen LogP contribution in [0.2, 0.25) is 0 Å². The molecule has 0 saturated carbocycles. The fraction of sp³-hybridized carbons (Fsp3) is 0.824. The minimum absolute atomic E-state index is 0.00919. The zero-order valence-corrected chi connectivity index (χ0v) is 15.1. The first kappa shape index (κ1) is 19.5. The summed E-state index contributed by atoms with van der Waals surface area (Å²) in [5.74, 6) is -0.125. The van der Waals surface area contributed by atoms with Gasteiger partial charge in [-0.2, -0.15) is 0 Å². The van der Waals surface area contributed by atoms with Gasteiger partial charge in [0.25, 0.3) is 0 Å². The maximum atomic E-state index is 12.4. The molecule has 0 bridgehead atoms. The Morgan fingerprint density at radius 1 is 1.17 bits per heavy atom.